The summed E-state index contributed by atoms with van der Waals surface area (Å²) in [6.45, 7) is -0.316. The lowest BCUT2D eigenvalue weighted by atomic mass is 9.99. The highest BCUT2D eigenvalue weighted by Gasteiger charge is 2.37. The van der Waals surface area contributed by atoms with E-state index in [2.05, 4.69) is 36.2 Å². The first-order valence-electron chi connectivity index (χ1n) is 7.94. The van der Waals surface area contributed by atoms with E-state index < -0.39 is 35.2 Å². The number of aliphatic hydroxyl groups is 1. The maximum Gasteiger partial charge on any atom is 0.433 e. The van der Waals surface area contributed by atoms with Gasteiger partial charge in [0.25, 0.3) is 0 Å². The Morgan fingerprint density at radius 3 is 2.34 bits per heavy atom. The van der Waals surface area contributed by atoms with Gasteiger partial charge in [0.05, 0.1) is 29.6 Å². The molecule has 0 bridgehead atoms. The number of para-hydroxylation sites is 1. The van der Waals surface area contributed by atoms with E-state index in [0.717, 1.165) is 6.07 Å². The van der Waals surface area contributed by atoms with Gasteiger partial charge in [-0.2, -0.15) is 26.3 Å². The fraction of sp³-hybridized carbons (Fsp3) is 0.235. The number of fused-ring (bicyclic) bond motifs is 1. The summed E-state index contributed by atoms with van der Waals surface area (Å²) in [5.41, 5.74) is -4.07. The lowest BCUT2D eigenvalue weighted by molar-refractivity contribution is -0.142. The maximum absolute atomic E-state index is 13.3. The predicted molar refractivity (Wildman–Crippen MR) is 94.9 cm³/mol. The number of alkyl halides is 6. The molecule has 29 heavy (non-hydrogen) atoms. The molecular formula is C17H11BrF6N4O. The Hall–Kier alpha value is -2.47. The highest BCUT2D eigenvalue weighted by Crippen LogP contribution is 2.38. The molecule has 0 saturated carbocycles. The smallest absolute Gasteiger partial charge is 0.387 e. The normalized spacial score (nSPS) is 13.5. The van der Waals surface area contributed by atoms with Crippen LogP contribution in [0.2, 0.25) is 0 Å². The van der Waals surface area contributed by atoms with Crippen molar-refractivity contribution in [2.24, 2.45) is 0 Å². The molecule has 3 aromatic rings. The number of pyridine rings is 1. The average molecular weight is 481 g/mol. The van der Waals surface area contributed by atoms with Crippen LogP contribution in [0.15, 0.2) is 41.3 Å². The number of hydrogen-bond donors (Lipinski definition) is 2. The molecule has 12 heteroatoms. The Morgan fingerprint density at radius 2 is 1.76 bits per heavy atom. The molecule has 154 valence electrons. The molecule has 1 aromatic carbocycles. The van der Waals surface area contributed by atoms with E-state index in [4.69, 9.17) is 0 Å². The van der Waals surface area contributed by atoms with Crippen LogP contribution in [-0.2, 0) is 12.4 Å². The van der Waals surface area contributed by atoms with E-state index in [0.29, 0.717) is 16.7 Å². The first-order chi connectivity index (χ1) is 13.5. The number of aromatic nitrogens is 3. The summed E-state index contributed by atoms with van der Waals surface area (Å²) in [4.78, 5) is 11.0. The number of benzene rings is 1. The summed E-state index contributed by atoms with van der Waals surface area (Å²) < 4.78 is 79.9. The van der Waals surface area contributed by atoms with Gasteiger partial charge in [-0.05, 0) is 33.6 Å². The van der Waals surface area contributed by atoms with Crippen molar-refractivity contribution in [1.82, 2.24) is 15.0 Å². The zero-order valence-electron chi connectivity index (χ0n) is 14.2. The summed E-state index contributed by atoms with van der Waals surface area (Å²) in [6.07, 6.45) is -8.82. The molecule has 0 aliphatic rings. The summed E-state index contributed by atoms with van der Waals surface area (Å²) >= 11 is 3.08. The third-order valence-corrected chi connectivity index (χ3v) is 4.33. The molecule has 1 atom stereocenters. The zero-order chi connectivity index (χ0) is 21.4. The minimum absolute atomic E-state index is 0.220. The Bertz CT molecular complexity index is 1020. The van der Waals surface area contributed by atoms with E-state index in [9.17, 15) is 31.4 Å². The van der Waals surface area contributed by atoms with E-state index in [1.165, 1.54) is 18.5 Å². The second-order valence-electron chi connectivity index (χ2n) is 5.92. The Kier molecular flexibility index (Phi) is 5.68. The van der Waals surface area contributed by atoms with Crippen molar-refractivity contribution in [3.8, 4) is 0 Å². The molecule has 5 nitrogen and oxygen atoms in total. The van der Waals surface area contributed by atoms with Crippen LogP contribution < -0.4 is 5.32 Å². The van der Waals surface area contributed by atoms with Gasteiger partial charge in [0.1, 0.15) is 16.1 Å². The molecule has 2 heterocycles. The molecule has 0 radical (unpaired) electrons. The van der Waals surface area contributed by atoms with Crippen molar-refractivity contribution >= 4 is 32.7 Å². The SMILES string of the molecule is OC(CNc1cnc(Br)cn1)c1cc(C(F)(F)F)nc2c(C(F)(F)F)cccc12. The van der Waals surface area contributed by atoms with E-state index in [1.54, 1.807) is 0 Å². The summed E-state index contributed by atoms with van der Waals surface area (Å²) in [6, 6.07) is 3.41. The second kappa shape index (κ2) is 7.75. The minimum Gasteiger partial charge on any atom is -0.387 e. The topological polar surface area (TPSA) is 70.9 Å². The van der Waals surface area contributed by atoms with Gasteiger partial charge < -0.3 is 10.4 Å². The molecular weight excluding hydrogens is 470 g/mol. The molecule has 0 spiro atoms. The Labute approximate surface area is 167 Å². The molecule has 0 saturated heterocycles. The van der Waals surface area contributed by atoms with Crippen LogP contribution in [0.3, 0.4) is 0 Å². The molecule has 0 fully saturated rings. The van der Waals surface area contributed by atoms with Crippen LogP contribution in [0.1, 0.15) is 22.9 Å². The third kappa shape index (κ3) is 4.75. The molecule has 1 unspecified atom stereocenters. The van der Waals surface area contributed by atoms with Crippen molar-refractivity contribution < 1.29 is 31.4 Å². The minimum atomic E-state index is -4.99. The quantitative estimate of drug-likeness (QED) is 0.516. The molecule has 2 aromatic heterocycles. The number of anilines is 1. The number of halogens is 7. The van der Waals surface area contributed by atoms with Crippen LogP contribution in [0.4, 0.5) is 32.2 Å². The van der Waals surface area contributed by atoms with Gasteiger partial charge in [0, 0.05) is 11.9 Å². The Balaban J connectivity index is 2.06. The number of nitrogens with one attached hydrogen (secondary N) is 1. The van der Waals surface area contributed by atoms with Crippen molar-refractivity contribution in [2.45, 2.75) is 18.5 Å². The van der Waals surface area contributed by atoms with Crippen LogP contribution in [-0.4, -0.2) is 26.6 Å². The van der Waals surface area contributed by atoms with E-state index in [1.807, 2.05) is 0 Å². The van der Waals surface area contributed by atoms with Crippen LogP contribution in [0.5, 0.6) is 0 Å². The van der Waals surface area contributed by atoms with Gasteiger partial charge in [-0.15, -0.1) is 0 Å². The van der Waals surface area contributed by atoms with Gasteiger partial charge in [0.15, 0.2) is 0 Å². The fourth-order valence-electron chi connectivity index (χ4n) is 2.64. The van der Waals surface area contributed by atoms with Crippen LogP contribution >= 0.6 is 15.9 Å². The largest absolute Gasteiger partial charge is 0.433 e. The lowest BCUT2D eigenvalue weighted by Crippen LogP contribution is -2.17. The van der Waals surface area contributed by atoms with Crippen LogP contribution in [0, 0.1) is 0 Å². The highest BCUT2D eigenvalue weighted by molar-refractivity contribution is 9.10. The number of nitrogens with zero attached hydrogens (tertiary/aromatic N) is 3. The first-order valence-corrected chi connectivity index (χ1v) is 8.73. The maximum atomic E-state index is 13.3. The van der Waals surface area contributed by atoms with Crippen molar-refractivity contribution in [3.63, 3.8) is 0 Å². The molecule has 2 N–H and O–H groups in total. The second-order valence-corrected chi connectivity index (χ2v) is 6.73. The molecule has 0 amide bonds. The fourth-order valence-corrected chi connectivity index (χ4v) is 2.84. The van der Waals surface area contributed by atoms with Crippen LogP contribution in [0.25, 0.3) is 10.9 Å². The van der Waals surface area contributed by atoms with Gasteiger partial charge in [-0.3, -0.25) is 0 Å². The molecule has 0 aliphatic heterocycles. The molecule has 3 rings (SSSR count). The Morgan fingerprint density at radius 1 is 1.03 bits per heavy atom. The van der Waals surface area contributed by atoms with E-state index >= 15 is 0 Å². The van der Waals surface area contributed by atoms with Gasteiger partial charge >= 0.3 is 12.4 Å². The standard InChI is InChI=1S/C17H11BrF6N4O/c18-13-6-27-14(7-25-13)26-5-11(29)9-4-12(17(22,23)24)28-15-8(9)2-1-3-10(15)16(19,20)21/h1-4,6-7,11,29H,5H2,(H,26,27). The molecule has 0 aliphatic carbocycles. The third-order valence-electron chi connectivity index (χ3n) is 3.92. The highest BCUT2D eigenvalue weighted by atomic mass is 79.9. The number of rotatable bonds is 4. The monoisotopic (exact) mass is 480 g/mol. The first kappa shape index (κ1) is 21.2. The zero-order valence-corrected chi connectivity index (χ0v) is 15.8. The summed E-state index contributed by atoms with van der Waals surface area (Å²) in [5, 5.41) is 12.9. The predicted octanol–water partition coefficient (Wildman–Crippen LogP) is 4.97. The van der Waals surface area contributed by atoms with Crippen molar-refractivity contribution in [2.75, 3.05) is 11.9 Å². The van der Waals surface area contributed by atoms with Gasteiger partial charge in [-0.1, -0.05) is 12.1 Å². The van der Waals surface area contributed by atoms with E-state index in [-0.39, 0.29) is 23.3 Å². The average Bonchev–Trinajstić information content (AvgIpc) is 2.64. The van der Waals surface area contributed by atoms with Crippen molar-refractivity contribution in [3.05, 3.63) is 58.1 Å². The van der Waals surface area contributed by atoms with Crippen molar-refractivity contribution in [1.29, 1.82) is 0 Å². The van der Waals surface area contributed by atoms with Gasteiger partial charge in [-0.25, -0.2) is 15.0 Å². The lowest BCUT2D eigenvalue weighted by Gasteiger charge is -2.19. The number of aliphatic hydroxyl groups excluding tert-OH is 1. The summed E-state index contributed by atoms with van der Waals surface area (Å²) in [7, 11) is 0. The van der Waals surface area contributed by atoms with Gasteiger partial charge in [0.2, 0.25) is 0 Å². The number of hydrogen-bond acceptors (Lipinski definition) is 5. The summed E-state index contributed by atoms with van der Waals surface area (Å²) in [5.74, 6) is 0.220.